The van der Waals surface area contributed by atoms with E-state index < -0.39 is 11.8 Å². The van der Waals surface area contributed by atoms with Gasteiger partial charge in [-0.15, -0.1) is 0 Å². The highest BCUT2D eigenvalue weighted by atomic mass is 35.5. The maximum absolute atomic E-state index is 13.7. The first-order chi connectivity index (χ1) is 16.0. The third-order valence-corrected chi connectivity index (χ3v) is 6.75. The van der Waals surface area contributed by atoms with Gasteiger partial charge in [-0.1, -0.05) is 54.1 Å². The number of halogens is 1. The lowest BCUT2D eigenvalue weighted by molar-refractivity contribution is -0.147. The van der Waals surface area contributed by atoms with Gasteiger partial charge >= 0.3 is 0 Å². The second-order valence-electron chi connectivity index (χ2n) is 8.60. The predicted molar refractivity (Wildman–Crippen MR) is 124 cm³/mol. The quantitative estimate of drug-likeness (QED) is 0.584. The molecule has 5 rings (SSSR count). The van der Waals surface area contributed by atoms with Crippen molar-refractivity contribution in [2.75, 3.05) is 0 Å². The highest BCUT2D eigenvalue weighted by Gasteiger charge is 2.53. The van der Waals surface area contributed by atoms with Crippen LogP contribution in [0, 0.1) is 11.3 Å². The standard InChI is InChI=1S/C27H23ClN2O3/c28-21-11-9-20(10-12-21)27(33-23-14-13-22(31)15-23)25-4-2-1-3-24(25)26(32)30(27)17-19-7-5-18(16-29)6-8-19/h1-12,22-23,31H,13-15,17H2/t22-,23+,27?/m1/s1. The monoisotopic (exact) mass is 458 g/mol. The number of aliphatic hydroxyl groups excluding tert-OH is 1. The molecule has 5 nitrogen and oxygen atoms in total. The zero-order valence-electron chi connectivity index (χ0n) is 17.9. The Morgan fingerprint density at radius 3 is 2.45 bits per heavy atom. The van der Waals surface area contributed by atoms with Gasteiger partial charge in [-0.2, -0.15) is 5.26 Å². The van der Waals surface area contributed by atoms with E-state index in [1.807, 2.05) is 48.5 Å². The fraction of sp³-hybridized carbons (Fsp3) is 0.259. The number of rotatable bonds is 5. The van der Waals surface area contributed by atoms with Gasteiger partial charge < -0.3 is 9.84 Å². The van der Waals surface area contributed by atoms with Gasteiger partial charge in [0, 0.05) is 28.3 Å². The van der Waals surface area contributed by atoms with Crippen LogP contribution in [0.3, 0.4) is 0 Å². The second-order valence-corrected chi connectivity index (χ2v) is 9.04. The largest absolute Gasteiger partial charge is 0.393 e. The maximum Gasteiger partial charge on any atom is 0.257 e. The van der Waals surface area contributed by atoms with Crippen LogP contribution < -0.4 is 0 Å². The molecular formula is C27H23ClN2O3. The average molecular weight is 459 g/mol. The fourth-order valence-corrected chi connectivity index (χ4v) is 5.02. The first-order valence-electron chi connectivity index (χ1n) is 11.0. The fourth-order valence-electron chi connectivity index (χ4n) is 4.90. The van der Waals surface area contributed by atoms with Crippen LogP contribution in [-0.4, -0.2) is 28.1 Å². The molecule has 1 aliphatic carbocycles. The van der Waals surface area contributed by atoms with Gasteiger partial charge in [0.15, 0.2) is 5.72 Å². The Labute approximate surface area is 197 Å². The molecule has 3 aromatic rings. The van der Waals surface area contributed by atoms with Gasteiger partial charge in [0.25, 0.3) is 5.91 Å². The van der Waals surface area contributed by atoms with E-state index in [1.165, 1.54) is 0 Å². The summed E-state index contributed by atoms with van der Waals surface area (Å²) in [5.41, 5.74) is 2.49. The van der Waals surface area contributed by atoms with Crippen LogP contribution in [0.4, 0.5) is 0 Å². The smallest absolute Gasteiger partial charge is 0.257 e. The molecule has 0 bridgehead atoms. The Bertz CT molecular complexity index is 1220. The zero-order valence-corrected chi connectivity index (χ0v) is 18.7. The van der Waals surface area contributed by atoms with Crippen LogP contribution in [0.2, 0.25) is 5.02 Å². The van der Waals surface area contributed by atoms with Crippen LogP contribution in [0.25, 0.3) is 0 Å². The van der Waals surface area contributed by atoms with E-state index >= 15 is 0 Å². The van der Waals surface area contributed by atoms with Crippen LogP contribution >= 0.6 is 11.6 Å². The Morgan fingerprint density at radius 2 is 1.79 bits per heavy atom. The Morgan fingerprint density at radius 1 is 1.06 bits per heavy atom. The summed E-state index contributed by atoms with van der Waals surface area (Å²) in [5, 5.41) is 19.9. The first kappa shape index (κ1) is 21.7. The van der Waals surface area contributed by atoms with Crippen molar-refractivity contribution in [3.63, 3.8) is 0 Å². The number of ether oxygens (including phenoxy) is 1. The number of nitriles is 1. The van der Waals surface area contributed by atoms with E-state index in [0.717, 1.165) is 23.1 Å². The number of hydrogen-bond acceptors (Lipinski definition) is 4. The number of carbonyl (C=O) groups is 1. The van der Waals surface area contributed by atoms with Crippen molar-refractivity contribution in [3.05, 3.63) is 106 Å². The van der Waals surface area contributed by atoms with E-state index in [-0.39, 0.29) is 12.0 Å². The van der Waals surface area contributed by atoms with E-state index in [9.17, 15) is 9.90 Å². The molecule has 1 heterocycles. The molecule has 3 aromatic carbocycles. The minimum atomic E-state index is -1.15. The lowest BCUT2D eigenvalue weighted by atomic mass is 9.92. The number of benzene rings is 3. The number of fused-ring (bicyclic) bond motifs is 1. The minimum absolute atomic E-state index is 0.122. The first-order valence-corrected chi connectivity index (χ1v) is 11.4. The van der Waals surface area contributed by atoms with Crippen LogP contribution in [-0.2, 0) is 17.0 Å². The number of hydrogen-bond donors (Lipinski definition) is 1. The van der Waals surface area contributed by atoms with Gasteiger partial charge in [0.1, 0.15) is 0 Å². The van der Waals surface area contributed by atoms with Gasteiger partial charge in [-0.05, 0) is 55.2 Å². The van der Waals surface area contributed by atoms with Crippen LogP contribution in [0.1, 0.15) is 51.9 Å². The molecule has 166 valence electrons. The normalized spacial score (nSPS) is 24.0. The van der Waals surface area contributed by atoms with E-state index in [4.69, 9.17) is 21.6 Å². The molecule has 0 saturated heterocycles. The van der Waals surface area contributed by atoms with Crippen molar-refractivity contribution in [2.45, 2.75) is 43.7 Å². The topological polar surface area (TPSA) is 73.6 Å². The molecule has 1 unspecified atom stereocenters. The van der Waals surface area contributed by atoms with Gasteiger partial charge in [0.05, 0.1) is 23.8 Å². The summed E-state index contributed by atoms with van der Waals surface area (Å²) in [5.74, 6) is -0.122. The van der Waals surface area contributed by atoms with Gasteiger partial charge in [-0.3, -0.25) is 9.69 Å². The predicted octanol–water partition coefficient (Wildman–Crippen LogP) is 5.00. The Kier molecular flexibility index (Phi) is 5.67. The summed E-state index contributed by atoms with van der Waals surface area (Å²) < 4.78 is 6.83. The summed E-state index contributed by atoms with van der Waals surface area (Å²) in [6, 6.07) is 24.3. The Hall–Kier alpha value is -3.17. The van der Waals surface area contributed by atoms with Crippen LogP contribution in [0.15, 0.2) is 72.8 Å². The lowest BCUT2D eigenvalue weighted by Crippen LogP contribution is -2.48. The Balaban J connectivity index is 1.66. The molecule has 1 aliphatic heterocycles. The van der Waals surface area contributed by atoms with Crippen LogP contribution in [0.5, 0.6) is 0 Å². The lowest BCUT2D eigenvalue weighted by Gasteiger charge is -2.41. The average Bonchev–Trinajstić information content (AvgIpc) is 3.35. The van der Waals surface area contributed by atoms with Gasteiger partial charge in [0.2, 0.25) is 0 Å². The molecule has 33 heavy (non-hydrogen) atoms. The summed E-state index contributed by atoms with van der Waals surface area (Å²) >= 11 is 6.20. The summed E-state index contributed by atoms with van der Waals surface area (Å²) in [6.45, 7) is 0.303. The second kappa shape index (κ2) is 8.64. The van der Waals surface area contributed by atoms with Crippen molar-refractivity contribution in [1.82, 2.24) is 4.90 Å². The maximum atomic E-state index is 13.7. The van der Waals surface area contributed by atoms with Crippen molar-refractivity contribution >= 4 is 17.5 Å². The number of aliphatic hydroxyl groups is 1. The third kappa shape index (κ3) is 3.81. The molecular weight excluding hydrogens is 436 g/mol. The zero-order chi connectivity index (χ0) is 23.0. The highest BCUT2D eigenvalue weighted by Crippen LogP contribution is 2.48. The van der Waals surface area contributed by atoms with Crippen molar-refractivity contribution in [1.29, 1.82) is 5.26 Å². The van der Waals surface area contributed by atoms with E-state index in [2.05, 4.69) is 6.07 Å². The minimum Gasteiger partial charge on any atom is -0.393 e. The summed E-state index contributed by atoms with van der Waals surface area (Å²) in [7, 11) is 0. The number of amides is 1. The molecule has 1 saturated carbocycles. The van der Waals surface area contributed by atoms with Crippen molar-refractivity contribution in [3.8, 4) is 6.07 Å². The van der Waals surface area contributed by atoms with Gasteiger partial charge in [-0.25, -0.2) is 0 Å². The molecule has 1 amide bonds. The van der Waals surface area contributed by atoms with Crippen molar-refractivity contribution in [2.24, 2.45) is 0 Å². The number of nitrogens with zero attached hydrogens (tertiary/aromatic N) is 2. The molecule has 0 spiro atoms. The van der Waals surface area contributed by atoms with Crippen molar-refractivity contribution < 1.29 is 14.6 Å². The molecule has 0 aromatic heterocycles. The molecule has 2 aliphatic rings. The SMILES string of the molecule is N#Cc1ccc(CN2C(=O)c3ccccc3C2(O[C@H]2CC[C@@H](O)C2)c2ccc(Cl)cc2)cc1. The van der Waals surface area contributed by atoms with E-state index in [0.29, 0.717) is 35.5 Å². The summed E-state index contributed by atoms with van der Waals surface area (Å²) in [6.07, 6.45) is 1.32. The molecule has 1 fully saturated rings. The summed E-state index contributed by atoms with van der Waals surface area (Å²) in [4.78, 5) is 15.5. The molecule has 3 atom stereocenters. The third-order valence-electron chi connectivity index (χ3n) is 6.50. The molecule has 0 radical (unpaired) electrons. The van der Waals surface area contributed by atoms with E-state index in [1.54, 1.807) is 29.2 Å². The molecule has 1 N–H and O–H groups in total. The molecule has 6 heteroatoms. The highest BCUT2D eigenvalue weighted by molar-refractivity contribution is 6.30. The number of carbonyl (C=O) groups excluding carboxylic acids is 1.